The van der Waals surface area contributed by atoms with E-state index in [0.717, 1.165) is 0 Å². The first-order chi connectivity index (χ1) is 8.92. The van der Waals surface area contributed by atoms with Gasteiger partial charge in [-0.05, 0) is 0 Å². The molecule has 1 radical (unpaired) electrons. The van der Waals surface area contributed by atoms with Crippen molar-refractivity contribution in [3.05, 3.63) is 0 Å². The molecule has 0 spiro atoms. The first-order valence-corrected chi connectivity index (χ1v) is 5.37. The molecule has 0 amide bonds. The summed E-state index contributed by atoms with van der Waals surface area (Å²) in [6.07, 6.45) is -3.90. The minimum absolute atomic E-state index is 0. The van der Waals surface area contributed by atoms with E-state index >= 15 is 0 Å². The predicted octanol–water partition coefficient (Wildman–Crippen LogP) is -1.72. The van der Waals surface area contributed by atoms with E-state index in [1.165, 1.54) is 0 Å². The summed E-state index contributed by atoms with van der Waals surface area (Å²) in [6.45, 7) is 0. The van der Waals surface area contributed by atoms with Crippen molar-refractivity contribution in [3.8, 4) is 0 Å². The van der Waals surface area contributed by atoms with Crippen LogP contribution in [0.4, 0.5) is 0 Å². The van der Waals surface area contributed by atoms with Gasteiger partial charge in [0.2, 0.25) is 0 Å². The number of hydrogen-bond acceptors (Lipinski definition) is 6. The number of hydrogen-bond donors (Lipinski definition) is 6. The molecule has 11 heteroatoms. The number of carbonyl (C=O) groups is 4. The monoisotopic (exact) mass is 351 g/mol. The van der Waals surface area contributed by atoms with Gasteiger partial charge >= 0.3 is 23.9 Å². The summed E-state index contributed by atoms with van der Waals surface area (Å²) in [5.41, 5.74) is 6.88. The molecular formula is C10H16CoN2O8. The zero-order chi connectivity index (χ0) is 16.1. The Morgan fingerprint density at radius 1 is 0.619 bits per heavy atom. The molecule has 0 aliphatic rings. The summed E-state index contributed by atoms with van der Waals surface area (Å²) < 4.78 is 0. The van der Waals surface area contributed by atoms with Crippen LogP contribution in [0.25, 0.3) is 0 Å². The normalized spacial score (nSPS) is 11.3. The molecule has 0 heterocycles. The van der Waals surface area contributed by atoms with E-state index < -0.39 is 60.6 Å². The smallest absolute Gasteiger partial charge is 0.305 e. The summed E-state index contributed by atoms with van der Waals surface area (Å²) in [5.74, 6) is -6.06. The van der Waals surface area contributed by atoms with E-state index in [0.29, 0.717) is 0 Å². The van der Waals surface area contributed by atoms with Gasteiger partial charge in [-0.2, -0.15) is 0 Å². The summed E-state index contributed by atoms with van der Waals surface area (Å²) >= 11 is 0. The van der Waals surface area contributed by atoms with Crippen molar-refractivity contribution in [3.63, 3.8) is 0 Å². The number of carboxylic acid groups (broad SMARTS) is 4. The van der Waals surface area contributed by atoms with Gasteiger partial charge in [-0.15, -0.1) is 0 Å². The van der Waals surface area contributed by atoms with Crippen LogP contribution >= 0.6 is 0 Å². The number of aliphatic carboxylic acids is 4. The molecule has 0 saturated heterocycles. The van der Waals surface area contributed by atoms with Crippen LogP contribution in [0.5, 0.6) is 0 Å². The van der Waals surface area contributed by atoms with Crippen molar-refractivity contribution in [2.75, 3.05) is 0 Å². The first kappa shape index (κ1) is 21.6. The second-order valence-corrected chi connectivity index (χ2v) is 4.59. The second-order valence-electron chi connectivity index (χ2n) is 4.59. The maximum Gasteiger partial charge on any atom is 0.305 e. The van der Waals surface area contributed by atoms with Crippen LogP contribution < -0.4 is 11.5 Å². The minimum atomic E-state index is -2.22. The van der Waals surface area contributed by atoms with Crippen molar-refractivity contribution >= 4 is 23.9 Å². The van der Waals surface area contributed by atoms with Crippen molar-refractivity contribution in [1.82, 2.24) is 0 Å². The quantitative estimate of drug-likeness (QED) is 0.277. The molecule has 0 atom stereocenters. The SMILES string of the molecule is NC(CC(=O)O)(CC(=O)O)C(N)(CC(=O)O)CC(=O)O.[Co]. The van der Waals surface area contributed by atoms with E-state index in [9.17, 15) is 19.2 Å². The van der Waals surface area contributed by atoms with Gasteiger partial charge in [0, 0.05) is 16.8 Å². The van der Waals surface area contributed by atoms with Crippen LogP contribution in [0, 0.1) is 0 Å². The molecule has 0 aromatic rings. The third-order valence-corrected chi connectivity index (χ3v) is 2.86. The zero-order valence-corrected chi connectivity index (χ0v) is 11.8. The maximum absolute atomic E-state index is 10.8. The van der Waals surface area contributed by atoms with Gasteiger partial charge in [0.1, 0.15) is 0 Å². The molecule has 123 valence electrons. The van der Waals surface area contributed by atoms with Gasteiger partial charge in [-0.3, -0.25) is 19.2 Å². The molecule has 0 bridgehead atoms. The van der Waals surface area contributed by atoms with E-state index in [-0.39, 0.29) is 16.8 Å². The van der Waals surface area contributed by atoms with Gasteiger partial charge in [-0.25, -0.2) is 0 Å². The molecule has 0 aromatic carbocycles. The van der Waals surface area contributed by atoms with Crippen LogP contribution in [0.2, 0.25) is 0 Å². The van der Waals surface area contributed by atoms with Crippen LogP contribution in [0.1, 0.15) is 25.7 Å². The van der Waals surface area contributed by atoms with Gasteiger partial charge < -0.3 is 31.9 Å². The average Bonchev–Trinajstić information content (AvgIpc) is 2.10. The Morgan fingerprint density at radius 2 is 0.762 bits per heavy atom. The van der Waals surface area contributed by atoms with Crippen LogP contribution in [0.15, 0.2) is 0 Å². The topological polar surface area (TPSA) is 201 Å². The van der Waals surface area contributed by atoms with Crippen LogP contribution in [-0.4, -0.2) is 55.4 Å². The largest absolute Gasteiger partial charge is 0.481 e. The summed E-state index contributed by atoms with van der Waals surface area (Å²) in [4.78, 5) is 43.2. The fourth-order valence-corrected chi connectivity index (χ4v) is 1.91. The molecule has 0 aliphatic carbocycles. The Balaban J connectivity index is 0. The number of rotatable bonds is 9. The molecule has 0 saturated carbocycles. The van der Waals surface area contributed by atoms with E-state index in [2.05, 4.69) is 0 Å². The van der Waals surface area contributed by atoms with Crippen molar-refractivity contribution < 1.29 is 56.4 Å². The molecule has 10 nitrogen and oxygen atoms in total. The molecule has 0 aromatic heterocycles. The van der Waals surface area contributed by atoms with Crippen LogP contribution in [0.3, 0.4) is 0 Å². The molecule has 21 heavy (non-hydrogen) atoms. The molecule has 0 rings (SSSR count). The Labute approximate surface area is 129 Å². The molecule has 0 fully saturated rings. The first-order valence-electron chi connectivity index (χ1n) is 5.37. The van der Waals surface area contributed by atoms with E-state index in [4.69, 9.17) is 31.9 Å². The van der Waals surface area contributed by atoms with E-state index in [1.54, 1.807) is 0 Å². The van der Waals surface area contributed by atoms with Crippen LogP contribution in [-0.2, 0) is 36.0 Å². The second kappa shape index (κ2) is 7.92. The third-order valence-electron chi connectivity index (χ3n) is 2.86. The number of nitrogens with two attached hydrogens (primary N) is 2. The Bertz CT molecular complexity index is 367. The average molecular weight is 351 g/mol. The molecule has 8 N–H and O–H groups in total. The molecule has 0 aliphatic heterocycles. The predicted molar refractivity (Wildman–Crippen MR) is 62.8 cm³/mol. The Morgan fingerprint density at radius 3 is 0.857 bits per heavy atom. The van der Waals surface area contributed by atoms with Gasteiger partial charge in [0.15, 0.2) is 0 Å². The van der Waals surface area contributed by atoms with Crippen molar-refractivity contribution in [1.29, 1.82) is 0 Å². The third kappa shape index (κ3) is 6.53. The summed E-state index contributed by atoms with van der Waals surface area (Å²) in [5, 5.41) is 35.1. The minimum Gasteiger partial charge on any atom is -0.481 e. The summed E-state index contributed by atoms with van der Waals surface area (Å²) in [7, 11) is 0. The molecule has 0 unspecified atom stereocenters. The standard InChI is InChI=1S/C10H16N2O8.Co/c11-9(1-5(13)14,2-6(15)16)10(12,3-7(17)18)4-8(19)20;/h1-4,11-12H2,(H,13,14)(H,15,16)(H,17,18)(H,19,20);. The van der Waals surface area contributed by atoms with Gasteiger partial charge in [-0.1, -0.05) is 0 Å². The molecular weight excluding hydrogens is 335 g/mol. The fraction of sp³-hybridized carbons (Fsp3) is 0.600. The van der Waals surface area contributed by atoms with E-state index in [1.807, 2.05) is 0 Å². The fourth-order valence-electron chi connectivity index (χ4n) is 1.91. The zero-order valence-electron chi connectivity index (χ0n) is 10.7. The van der Waals surface area contributed by atoms with Gasteiger partial charge in [0.05, 0.1) is 36.8 Å². The van der Waals surface area contributed by atoms with Crippen molar-refractivity contribution in [2.45, 2.75) is 36.8 Å². The van der Waals surface area contributed by atoms with Gasteiger partial charge in [0.25, 0.3) is 0 Å². The summed E-state index contributed by atoms with van der Waals surface area (Å²) in [6, 6.07) is 0. The Hall–Kier alpha value is -1.69. The maximum atomic E-state index is 10.8. The Kier molecular flexibility index (Phi) is 8.15. The van der Waals surface area contributed by atoms with Crippen molar-refractivity contribution in [2.24, 2.45) is 11.5 Å². The number of carboxylic acids is 4.